The van der Waals surface area contributed by atoms with Crippen LogP contribution in [-0.2, 0) is 9.13 Å². The first-order valence-corrected chi connectivity index (χ1v) is 4.49. The Morgan fingerprint density at radius 1 is 0.750 bits per heavy atom. The van der Waals surface area contributed by atoms with E-state index in [4.69, 9.17) is 38.5 Å². The molecule has 74 valence electrons. The van der Waals surface area contributed by atoms with Gasteiger partial charge in [0.15, 0.2) is 0 Å². The van der Waals surface area contributed by atoms with Gasteiger partial charge in [-0.3, -0.25) is 4.57 Å². The third-order valence-electron chi connectivity index (χ3n) is 0. The maximum absolute atomic E-state index is 8.77. The monoisotopic (exact) mass is 326 g/mol. The molecule has 16 heteroatoms. The number of hydrogen-bond donors (Lipinski definition) is 2. The summed E-state index contributed by atoms with van der Waals surface area (Å²) in [7, 11) is -10.3. The van der Waals surface area contributed by atoms with Gasteiger partial charge in [0, 0.05) is 0 Å². The zero-order valence-corrected chi connectivity index (χ0v) is 18.5. The van der Waals surface area contributed by atoms with Gasteiger partial charge >= 0.3 is 148 Å². The van der Waals surface area contributed by atoms with Crippen LogP contribution in [-0.4, -0.2) is 44.8 Å². The first kappa shape index (κ1) is 49.7. The third-order valence-corrected chi connectivity index (χ3v) is 0. The first-order valence-electron chi connectivity index (χ1n) is 1.50. The molecule has 0 unspecified atom stereocenters. The Labute approximate surface area is 203 Å². The van der Waals surface area contributed by atoms with Crippen molar-refractivity contribution in [2.24, 2.45) is 0 Å². The molecule has 0 aliphatic heterocycles. The van der Waals surface area contributed by atoms with Crippen LogP contribution in [0.4, 0.5) is 0 Å². The van der Waals surface area contributed by atoms with E-state index in [0.717, 1.165) is 0 Å². The van der Waals surface area contributed by atoms with Crippen molar-refractivity contribution in [3.05, 3.63) is 0 Å². The standard InChI is InChI=1S/5Na.2H3O4P.H2O.H/c;;;;;2*1-5(2,3)4;;/h;;;;;2*(H3,1,2,3,4);1H2;/q;4*+1;;;;/p-4. The topological polar surface area (TPSA) is 198 Å². The summed E-state index contributed by atoms with van der Waals surface area (Å²) in [6, 6.07) is 0. The predicted molar refractivity (Wildman–Crippen MR) is 30.4 cm³/mol. The van der Waals surface area contributed by atoms with E-state index >= 15 is 0 Å². The molecule has 0 aromatic heterocycles. The summed E-state index contributed by atoms with van der Waals surface area (Å²) >= 11 is 0. The predicted octanol–water partition coefficient (Wildman–Crippen LogP) is -17.8. The molecule has 0 aliphatic rings. The molecule has 0 bridgehead atoms. The van der Waals surface area contributed by atoms with Crippen molar-refractivity contribution in [2.75, 3.05) is 0 Å². The van der Waals surface area contributed by atoms with Gasteiger partial charge in [-0.05, 0) is 0 Å². The van der Waals surface area contributed by atoms with Gasteiger partial charge in [0.2, 0.25) is 0 Å². The molecule has 4 N–H and O–H groups in total. The molecule has 9 nitrogen and oxygen atoms in total. The maximum atomic E-state index is 8.77. The SMILES string of the molecule is O.O=P([O-])(O)O.O=P([O-])([O-])[O-].[Na+].[Na+].[Na+].[Na+].[NaH]. The van der Waals surface area contributed by atoms with Crippen molar-refractivity contribution >= 4 is 45.2 Å². The Kier molecular flexibility index (Phi) is 78.1. The molecule has 0 radical (unpaired) electrons. The van der Waals surface area contributed by atoms with Gasteiger partial charge in [-0.2, -0.15) is 7.82 Å². The summed E-state index contributed by atoms with van der Waals surface area (Å²) in [5.41, 5.74) is 0. The molecule has 0 aromatic rings. The molecule has 0 atom stereocenters. The quantitative estimate of drug-likeness (QED) is 0.323. The van der Waals surface area contributed by atoms with E-state index in [1.165, 1.54) is 0 Å². The summed E-state index contributed by atoms with van der Waals surface area (Å²) in [6.07, 6.45) is 0. The van der Waals surface area contributed by atoms with E-state index in [-0.39, 0.29) is 153 Å². The Hall–Kier alpha value is 5.18. The van der Waals surface area contributed by atoms with Crippen LogP contribution in [0, 0.1) is 0 Å². The summed E-state index contributed by atoms with van der Waals surface area (Å²) in [6.45, 7) is 0. The van der Waals surface area contributed by atoms with Crippen molar-refractivity contribution in [1.82, 2.24) is 0 Å². The van der Waals surface area contributed by atoms with Crippen LogP contribution in [0.2, 0.25) is 0 Å². The summed E-state index contributed by atoms with van der Waals surface area (Å²) in [4.78, 5) is 48.6. The van der Waals surface area contributed by atoms with Crippen LogP contribution < -0.4 is 138 Å². The Bertz CT molecular complexity index is 134. The molecule has 0 aliphatic carbocycles. The minimum atomic E-state index is -5.39. The van der Waals surface area contributed by atoms with Gasteiger partial charge in [-0.1, -0.05) is 0 Å². The average molecular weight is 326 g/mol. The second kappa shape index (κ2) is 25.2. The molecule has 0 saturated carbocycles. The fourth-order valence-electron chi connectivity index (χ4n) is 0. The Morgan fingerprint density at radius 2 is 0.750 bits per heavy atom. The van der Waals surface area contributed by atoms with Gasteiger partial charge in [-0.15, -0.1) is 0 Å². The van der Waals surface area contributed by atoms with Crippen molar-refractivity contribution in [2.45, 2.75) is 0 Å². The van der Waals surface area contributed by atoms with Crippen LogP contribution in [0.1, 0.15) is 0 Å². The van der Waals surface area contributed by atoms with Crippen LogP contribution >= 0.6 is 15.6 Å². The summed E-state index contributed by atoms with van der Waals surface area (Å²) < 4.78 is 17.3. The van der Waals surface area contributed by atoms with Crippen LogP contribution in [0.25, 0.3) is 0 Å². The molecule has 0 spiro atoms. The van der Waals surface area contributed by atoms with Gasteiger partial charge < -0.3 is 39.4 Å². The van der Waals surface area contributed by atoms with E-state index in [1.807, 2.05) is 0 Å². The minimum absolute atomic E-state index is 0. The van der Waals surface area contributed by atoms with E-state index in [9.17, 15) is 0 Å². The molecule has 0 fully saturated rings. The fraction of sp³-hybridized carbons (Fsp3) is 0. The van der Waals surface area contributed by atoms with Gasteiger partial charge in [0.25, 0.3) is 7.82 Å². The number of hydrogen-bond acceptors (Lipinski definition) is 6. The van der Waals surface area contributed by atoms with Crippen LogP contribution in [0.15, 0.2) is 0 Å². The second-order valence-electron chi connectivity index (χ2n) is 0.938. The van der Waals surface area contributed by atoms with Crippen molar-refractivity contribution in [1.29, 1.82) is 0 Å². The van der Waals surface area contributed by atoms with E-state index in [1.54, 1.807) is 0 Å². The molecule has 0 saturated heterocycles. The molecule has 0 aromatic carbocycles. The van der Waals surface area contributed by atoms with Gasteiger partial charge in [-0.25, -0.2) is 0 Å². The second-order valence-corrected chi connectivity index (χ2v) is 2.81. The first-order chi connectivity index (χ1) is 4.00. The third kappa shape index (κ3) is 236. The normalized spacial score (nSPS) is 7.38. The van der Waals surface area contributed by atoms with E-state index in [0.29, 0.717) is 0 Å². The molecule has 0 amide bonds. The van der Waals surface area contributed by atoms with Crippen molar-refractivity contribution in [3.8, 4) is 0 Å². The molecular formula is H5Na5O9P2. The fourth-order valence-corrected chi connectivity index (χ4v) is 0. The van der Waals surface area contributed by atoms with Crippen molar-refractivity contribution in [3.63, 3.8) is 0 Å². The van der Waals surface area contributed by atoms with E-state index in [2.05, 4.69) is 0 Å². The van der Waals surface area contributed by atoms with Gasteiger partial charge in [0.1, 0.15) is 0 Å². The van der Waals surface area contributed by atoms with Gasteiger partial charge in [0.05, 0.1) is 0 Å². The van der Waals surface area contributed by atoms with Crippen LogP contribution in [0.5, 0.6) is 0 Å². The summed E-state index contributed by atoms with van der Waals surface area (Å²) in [5, 5.41) is 0. The van der Waals surface area contributed by atoms with Crippen molar-refractivity contribution < 1.29 is 162 Å². The Balaban J connectivity index is -0.00000000970. The van der Waals surface area contributed by atoms with Crippen LogP contribution in [0.3, 0.4) is 0 Å². The molecular weight excluding hydrogens is 321 g/mol. The summed E-state index contributed by atoms with van der Waals surface area (Å²) in [5.74, 6) is 0. The number of rotatable bonds is 0. The van der Waals surface area contributed by atoms with E-state index < -0.39 is 15.6 Å². The zero-order valence-electron chi connectivity index (χ0n) is 8.74. The zero-order chi connectivity index (χ0) is 9.00. The average Bonchev–Trinajstić information content (AvgIpc) is 1.12. The Morgan fingerprint density at radius 3 is 0.750 bits per heavy atom. The number of phosphoric acid groups is 2. The molecule has 0 rings (SSSR count). The molecule has 0 heterocycles. The molecule has 16 heavy (non-hydrogen) atoms.